The summed E-state index contributed by atoms with van der Waals surface area (Å²) in [4.78, 5) is 14.3. The number of carbonyl (C=O) groups is 1. The maximum absolute atomic E-state index is 12.4. The number of nitrogens with one attached hydrogen (secondary N) is 2. The monoisotopic (exact) mass is 264 g/mol. The average molecular weight is 264 g/mol. The summed E-state index contributed by atoms with van der Waals surface area (Å²) in [6, 6.07) is 0.343. The van der Waals surface area contributed by atoms with Crippen LogP contribution in [0.15, 0.2) is 12.4 Å². The van der Waals surface area contributed by atoms with Crippen LogP contribution in [0.3, 0.4) is 0 Å². The van der Waals surface area contributed by atoms with Gasteiger partial charge < -0.3 is 15.0 Å². The fraction of sp³-hybridized carbons (Fsp3) is 0.692. The van der Waals surface area contributed by atoms with Gasteiger partial charge in [0, 0.05) is 24.9 Å². The molecule has 2 amide bonds. The lowest BCUT2D eigenvalue weighted by Gasteiger charge is -2.35. The third kappa shape index (κ3) is 2.73. The summed E-state index contributed by atoms with van der Waals surface area (Å²) < 4.78 is 5.30. The maximum Gasteiger partial charge on any atom is 0.318 e. The number of carbonyl (C=O) groups excluding carboxylic acids is 1. The molecular weight excluding hydrogens is 244 g/mol. The van der Waals surface area contributed by atoms with Crippen molar-refractivity contribution >= 4 is 6.03 Å². The summed E-state index contributed by atoms with van der Waals surface area (Å²) in [5.74, 6) is 0. The molecule has 0 radical (unpaired) electrons. The zero-order valence-electron chi connectivity index (χ0n) is 11.0. The number of aromatic amines is 1. The summed E-state index contributed by atoms with van der Waals surface area (Å²) >= 11 is 0. The fourth-order valence-corrected chi connectivity index (χ4v) is 2.87. The standard InChI is InChI=1S/C13H20N4O2/c18-13(16-11-4-6-19-9-11)17-5-2-1-3-12(17)10-7-14-15-8-10/h7-8,11-12H,1-6,9H2,(H,14,15)(H,16,18)/t11-,12+/m0/s1. The molecule has 2 atom stereocenters. The number of hydrogen-bond donors (Lipinski definition) is 2. The third-order valence-electron chi connectivity index (χ3n) is 3.93. The Bertz CT molecular complexity index is 414. The van der Waals surface area contributed by atoms with Crippen LogP contribution in [0.2, 0.25) is 0 Å². The predicted octanol–water partition coefficient (Wildman–Crippen LogP) is 1.44. The van der Waals surface area contributed by atoms with Crippen molar-refractivity contribution in [1.82, 2.24) is 20.4 Å². The van der Waals surface area contributed by atoms with Gasteiger partial charge in [-0.05, 0) is 25.7 Å². The molecule has 6 nitrogen and oxygen atoms in total. The molecule has 0 saturated carbocycles. The number of piperidine rings is 1. The second-order valence-corrected chi connectivity index (χ2v) is 5.25. The number of ether oxygens (including phenoxy) is 1. The molecule has 104 valence electrons. The van der Waals surface area contributed by atoms with E-state index in [1.54, 1.807) is 0 Å². The first kappa shape index (κ1) is 12.5. The first-order chi connectivity index (χ1) is 9.34. The Morgan fingerprint density at radius 1 is 1.47 bits per heavy atom. The summed E-state index contributed by atoms with van der Waals surface area (Å²) in [6.45, 7) is 2.20. The molecule has 3 heterocycles. The zero-order chi connectivity index (χ0) is 13.1. The normalized spacial score (nSPS) is 27.5. The van der Waals surface area contributed by atoms with Crippen molar-refractivity contribution in [2.45, 2.75) is 37.8 Å². The summed E-state index contributed by atoms with van der Waals surface area (Å²) in [5, 5.41) is 9.89. The van der Waals surface area contributed by atoms with Crippen LogP contribution in [-0.4, -0.2) is 46.9 Å². The highest BCUT2D eigenvalue weighted by molar-refractivity contribution is 5.75. The largest absolute Gasteiger partial charge is 0.379 e. The summed E-state index contributed by atoms with van der Waals surface area (Å²) in [5.41, 5.74) is 1.09. The Morgan fingerprint density at radius 2 is 2.42 bits per heavy atom. The highest BCUT2D eigenvalue weighted by Crippen LogP contribution is 2.30. The lowest BCUT2D eigenvalue weighted by Crippen LogP contribution is -2.48. The van der Waals surface area contributed by atoms with Crippen LogP contribution in [0.4, 0.5) is 4.79 Å². The minimum absolute atomic E-state index is 0.0291. The van der Waals surface area contributed by atoms with Crippen molar-refractivity contribution in [2.24, 2.45) is 0 Å². The van der Waals surface area contributed by atoms with E-state index in [2.05, 4.69) is 15.5 Å². The SMILES string of the molecule is O=C(N[C@H]1CCOC1)N1CCCC[C@@H]1c1cn[nH]c1. The molecular formula is C13H20N4O2. The Kier molecular flexibility index (Phi) is 3.68. The first-order valence-corrected chi connectivity index (χ1v) is 6.98. The van der Waals surface area contributed by atoms with Gasteiger partial charge in [0.2, 0.25) is 0 Å². The smallest absolute Gasteiger partial charge is 0.318 e. The van der Waals surface area contributed by atoms with Gasteiger partial charge in [-0.3, -0.25) is 5.10 Å². The molecule has 19 heavy (non-hydrogen) atoms. The van der Waals surface area contributed by atoms with E-state index < -0.39 is 0 Å². The van der Waals surface area contributed by atoms with E-state index in [9.17, 15) is 4.79 Å². The Hall–Kier alpha value is -1.56. The molecule has 0 unspecified atom stereocenters. The van der Waals surface area contributed by atoms with Crippen LogP contribution in [0.1, 0.15) is 37.3 Å². The molecule has 0 aliphatic carbocycles. The predicted molar refractivity (Wildman–Crippen MR) is 69.6 cm³/mol. The van der Waals surface area contributed by atoms with Gasteiger partial charge >= 0.3 is 6.03 Å². The van der Waals surface area contributed by atoms with E-state index in [1.165, 1.54) is 0 Å². The molecule has 1 aromatic heterocycles. The van der Waals surface area contributed by atoms with Crippen LogP contribution in [0, 0.1) is 0 Å². The second kappa shape index (κ2) is 5.61. The molecule has 6 heteroatoms. The van der Waals surface area contributed by atoms with Crippen LogP contribution >= 0.6 is 0 Å². The number of rotatable bonds is 2. The van der Waals surface area contributed by atoms with Crippen LogP contribution < -0.4 is 5.32 Å². The van der Waals surface area contributed by atoms with Crippen molar-refractivity contribution < 1.29 is 9.53 Å². The van der Waals surface area contributed by atoms with Gasteiger partial charge in [0.25, 0.3) is 0 Å². The molecule has 3 rings (SSSR count). The minimum atomic E-state index is 0.0291. The quantitative estimate of drug-likeness (QED) is 0.849. The molecule has 2 aliphatic rings. The number of H-pyrrole nitrogens is 1. The molecule has 2 fully saturated rings. The molecule has 1 aromatic rings. The van der Waals surface area contributed by atoms with Gasteiger partial charge in [-0.25, -0.2) is 4.79 Å². The van der Waals surface area contributed by atoms with Gasteiger partial charge in [0.1, 0.15) is 0 Å². The number of hydrogen-bond acceptors (Lipinski definition) is 3. The van der Waals surface area contributed by atoms with Crippen molar-refractivity contribution in [3.63, 3.8) is 0 Å². The fourth-order valence-electron chi connectivity index (χ4n) is 2.87. The molecule has 0 spiro atoms. The van der Waals surface area contributed by atoms with Crippen molar-refractivity contribution in [3.05, 3.63) is 18.0 Å². The van der Waals surface area contributed by atoms with Crippen molar-refractivity contribution in [3.8, 4) is 0 Å². The van der Waals surface area contributed by atoms with E-state index >= 15 is 0 Å². The van der Waals surface area contributed by atoms with Gasteiger partial charge in [-0.1, -0.05) is 0 Å². The highest BCUT2D eigenvalue weighted by atomic mass is 16.5. The minimum Gasteiger partial charge on any atom is -0.379 e. The maximum atomic E-state index is 12.4. The number of urea groups is 1. The Balaban J connectivity index is 1.67. The highest BCUT2D eigenvalue weighted by Gasteiger charge is 2.30. The van der Waals surface area contributed by atoms with E-state index in [1.807, 2.05) is 17.3 Å². The molecule has 2 N–H and O–H groups in total. The molecule has 2 aliphatic heterocycles. The summed E-state index contributed by atoms with van der Waals surface area (Å²) in [7, 11) is 0. The number of nitrogens with zero attached hydrogens (tertiary/aromatic N) is 2. The lowest BCUT2D eigenvalue weighted by atomic mass is 9.98. The third-order valence-corrected chi connectivity index (χ3v) is 3.93. The van der Waals surface area contributed by atoms with E-state index in [4.69, 9.17) is 4.74 Å². The first-order valence-electron chi connectivity index (χ1n) is 6.98. The number of aromatic nitrogens is 2. The van der Waals surface area contributed by atoms with Gasteiger partial charge in [0.05, 0.1) is 24.9 Å². The van der Waals surface area contributed by atoms with Crippen molar-refractivity contribution in [2.75, 3.05) is 19.8 Å². The second-order valence-electron chi connectivity index (χ2n) is 5.25. The Labute approximate surface area is 112 Å². The summed E-state index contributed by atoms with van der Waals surface area (Å²) in [6.07, 6.45) is 7.85. The Morgan fingerprint density at radius 3 is 3.16 bits per heavy atom. The molecule has 2 saturated heterocycles. The topological polar surface area (TPSA) is 70.2 Å². The van der Waals surface area contributed by atoms with E-state index in [0.717, 1.165) is 44.4 Å². The van der Waals surface area contributed by atoms with Gasteiger partial charge in [-0.2, -0.15) is 5.10 Å². The van der Waals surface area contributed by atoms with Crippen LogP contribution in [0.5, 0.6) is 0 Å². The van der Waals surface area contributed by atoms with Gasteiger partial charge in [-0.15, -0.1) is 0 Å². The van der Waals surface area contributed by atoms with E-state index in [-0.39, 0.29) is 18.1 Å². The molecule has 0 aromatic carbocycles. The van der Waals surface area contributed by atoms with Crippen LogP contribution in [0.25, 0.3) is 0 Å². The molecule has 0 bridgehead atoms. The zero-order valence-corrected chi connectivity index (χ0v) is 11.0. The van der Waals surface area contributed by atoms with Crippen LogP contribution in [-0.2, 0) is 4.74 Å². The lowest BCUT2D eigenvalue weighted by molar-refractivity contribution is 0.145. The number of likely N-dealkylation sites (tertiary alicyclic amines) is 1. The number of amides is 2. The van der Waals surface area contributed by atoms with E-state index in [0.29, 0.717) is 6.61 Å². The van der Waals surface area contributed by atoms with Crippen molar-refractivity contribution in [1.29, 1.82) is 0 Å². The van der Waals surface area contributed by atoms with Gasteiger partial charge in [0.15, 0.2) is 0 Å². The average Bonchev–Trinajstić information content (AvgIpc) is 3.11.